The molecular formula is C9H16O2. The second kappa shape index (κ2) is 5.08. The second-order valence-corrected chi connectivity index (χ2v) is 3.16. The molecule has 0 aliphatic carbocycles. The summed E-state index contributed by atoms with van der Waals surface area (Å²) in [5, 5.41) is 9.37. The number of rotatable bonds is 4. The molecule has 0 saturated heterocycles. The predicted octanol–water partition coefficient (Wildman–Crippen LogP) is 1.54. The van der Waals surface area contributed by atoms with E-state index in [1.165, 1.54) is 6.08 Å². The Bertz CT molecular complexity index is 148. The summed E-state index contributed by atoms with van der Waals surface area (Å²) in [5.41, 5.74) is 0.932. The topological polar surface area (TPSA) is 37.3 Å². The molecule has 0 aliphatic heterocycles. The average Bonchev–Trinajstić information content (AvgIpc) is 1.87. The van der Waals surface area contributed by atoms with E-state index in [1.54, 1.807) is 0 Å². The van der Waals surface area contributed by atoms with E-state index in [4.69, 9.17) is 0 Å². The second-order valence-electron chi connectivity index (χ2n) is 3.16. The number of hydrogen-bond acceptors (Lipinski definition) is 2. The average molecular weight is 156 g/mol. The van der Waals surface area contributed by atoms with Gasteiger partial charge in [-0.3, -0.25) is 4.79 Å². The quantitative estimate of drug-likeness (QED) is 0.495. The van der Waals surface area contributed by atoms with Crippen molar-refractivity contribution in [2.75, 3.05) is 0 Å². The van der Waals surface area contributed by atoms with E-state index in [0.717, 1.165) is 11.9 Å². The van der Waals surface area contributed by atoms with Crippen molar-refractivity contribution in [3.63, 3.8) is 0 Å². The molecule has 1 N–H and O–H groups in total. The first-order chi connectivity index (χ1) is 5.07. The Morgan fingerprint density at radius 2 is 2.09 bits per heavy atom. The molecule has 0 aromatic carbocycles. The van der Waals surface area contributed by atoms with Crippen molar-refractivity contribution in [1.82, 2.24) is 0 Å². The van der Waals surface area contributed by atoms with Crippen molar-refractivity contribution >= 4 is 6.29 Å². The lowest BCUT2D eigenvalue weighted by atomic mass is 10.0. The van der Waals surface area contributed by atoms with Gasteiger partial charge < -0.3 is 5.11 Å². The summed E-state index contributed by atoms with van der Waals surface area (Å²) >= 11 is 0. The summed E-state index contributed by atoms with van der Waals surface area (Å²) in [7, 11) is 0. The third kappa shape index (κ3) is 4.73. The third-order valence-electron chi connectivity index (χ3n) is 1.65. The Labute approximate surface area is 67.9 Å². The molecule has 0 aliphatic rings. The lowest BCUT2D eigenvalue weighted by molar-refractivity contribution is -0.104. The van der Waals surface area contributed by atoms with Gasteiger partial charge in [0.05, 0.1) is 6.10 Å². The monoisotopic (exact) mass is 156 g/mol. The van der Waals surface area contributed by atoms with E-state index in [0.29, 0.717) is 6.42 Å². The van der Waals surface area contributed by atoms with Gasteiger partial charge in [-0.25, -0.2) is 0 Å². The van der Waals surface area contributed by atoms with Gasteiger partial charge in [0.25, 0.3) is 0 Å². The first-order valence-corrected chi connectivity index (χ1v) is 3.87. The van der Waals surface area contributed by atoms with Gasteiger partial charge in [0.1, 0.15) is 6.29 Å². The molecule has 0 heterocycles. The Kier molecular flexibility index (Phi) is 4.79. The highest BCUT2D eigenvalue weighted by Gasteiger charge is 2.08. The van der Waals surface area contributed by atoms with Crippen molar-refractivity contribution in [2.24, 2.45) is 5.92 Å². The Hall–Kier alpha value is -0.630. The van der Waals surface area contributed by atoms with Crippen LogP contribution in [0.5, 0.6) is 0 Å². The minimum Gasteiger partial charge on any atom is -0.393 e. The molecule has 2 heteroatoms. The zero-order valence-corrected chi connectivity index (χ0v) is 7.37. The van der Waals surface area contributed by atoms with E-state index in [2.05, 4.69) is 0 Å². The van der Waals surface area contributed by atoms with Crippen LogP contribution in [0.3, 0.4) is 0 Å². The fraction of sp³-hybridized carbons (Fsp3) is 0.667. The SMILES string of the molecule is CC(=CC=O)CC(O)C(C)C. The number of allylic oxidation sites excluding steroid dienone is 1. The van der Waals surface area contributed by atoms with Crippen molar-refractivity contribution in [1.29, 1.82) is 0 Å². The molecule has 0 rings (SSSR count). The smallest absolute Gasteiger partial charge is 0.142 e. The van der Waals surface area contributed by atoms with E-state index in [-0.39, 0.29) is 12.0 Å². The highest BCUT2D eigenvalue weighted by atomic mass is 16.3. The lowest BCUT2D eigenvalue weighted by Crippen LogP contribution is -2.14. The van der Waals surface area contributed by atoms with Crippen LogP contribution in [0.4, 0.5) is 0 Å². The largest absolute Gasteiger partial charge is 0.393 e. The van der Waals surface area contributed by atoms with Gasteiger partial charge in [-0.05, 0) is 25.3 Å². The number of aliphatic hydroxyl groups excluding tert-OH is 1. The number of carbonyl (C=O) groups is 1. The predicted molar refractivity (Wildman–Crippen MR) is 45.3 cm³/mol. The number of carbonyl (C=O) groups excluding carboxylic acids is 1. The normalized spacial score (nSPS) is 15.2. The van der Waals surface area contributed by atoms with Gasteiger partial charge in [0, 0.05) is 0 Å². The Balaban J connectivity index is 3.84. The molecule has 0 saturated carbocycles. The molecule has 0 spiro atoms. The van der Waals surface area contributed by atoms with Crippen LogP contribution in [-0.2, 0) is 4.79 Å². The van der Waals surface area contributed by atoms with Gasteiger partial charge in [0.15, 0.2) is 0 Å². The molecule has 0 amide bonds. The lowest BCUT2D eigenvalue weighted by Gasteiger charge is -2.13. The molecule has 0 aromatic rings. The van der Waals surface area contributed by atoms with Crippen molar-refractivity contribution in [3.8, 4) is 0 Å². The standard InChI is InChI=1S/C9H16O2/c1-7(2)9(11)6-8(3)4-5-10/h4-5,7,9,11H,6H2,1-3H3. The summed E-state index contributed by atoms with van der Waals surface area (Å²) in [6, 6.07) is 0. The Morgan fingerprint density at radius 3 is 2.45 bits per heavy atom. The molecule has 0 bridgehead atoms. The molecular weight excluding hydrogens is 140 g/mol. The van der Waals surface area contributed by atoms with Gasteiger partial charge in [0.2, 0.25) is 0 Å². The van der Waals surface area contributed by atoms with Crippen LogP contribution in [0.1, 0.15) is 27.2 Å². The molecule has 1 unspecified atom stereocenters. The van der Waals surface area contributed by atoms with E-state index in [9.17, 15) is 9.90 Å². The highest BCUT2D eigenvalue weighted by Crippen LogP contribution is 2.11. The van der Waals surface area contributed by atoms with Crippen LogP contribution >= 0.6 is 0 Å². The first kappa shape index (κ1) is 10.4. The minimum atomic E-state index is -0.328. The molecule has 1 atom stereocenters. The van der Waals surface area contributed by atoms with Crippen molar-refractivity contribution < 1.29 is 9.90 Å². The third-order valence-corrected chi connectivity index (χ3v) is 1.65. The van der Waals surface area contributed by atoms with Crippen LogP contribution in [0.2, 0.25) is 0 Å². The fourth-order valence-corrected chi connectivity index (χ4v) is 0.750. The number of aldehydes is 1. The van der Waals surface area contributed by atoms with Crippen LogP contribution in [0.15, 0.2) is 11.6 Å². The fourth-order valence-electron chi connectivity index (χ4n) is 0.750. The zero-order chi connectivity index (χ0) is 8.85. The van der Waals surface area contributed by atoms with Gasteiger partial charge in [-0.2, -0.15) is 0 Å². The summed E-state index contributed by atoms with van der Waals surface area (Å²) < 4.78 is 0. The number of hydrogen-bond donors (Lipinski definition) is 1. The zero-order valence-electron chi connectivity index (χ0n) is 7.37. The van der Waals surface area contributed by atoms with E-state index < -0.39 is 0 Å². The maximum Gasteiger partial charge on any atom is 0.142 e. The van der Waals surface area contributed by atoms with Crippen LogP contribution in [0, 0.1) is 5.92 Å². The Morgan fingerprint density at radius 1 is 1.55 bits per heavy atom. The maximum absolute atomic E-state index is 10.0. The minimum absolute atomic E-state index is 0.255. The van der Waals surface area contributed by atoms with Crippen molar-refractivity contribution in [3.05, 3.63) is 11.6 Å². The highest BCUT2D eigenvalue weighted by molar-refractivity contribution is 5.65. The van der Waals surface area contributed by atoms with Crippen LogP contribution in [0.25, 0.3) is 0 Å². The molecule has 64 valence electrons. The maximum atomic E-state index is 10.0. The van der Waals surface area contributed by atoms with Crippen LogP contribution < -0.4 is 0 Å². The summed E-state index contributed by atoms with van der Waals surface area (Å²) in [4.78, 5) is 10.0. The summed E-state index contributed by atoms with van der Waals surface area (Å²) in [6.07, 6.45) is 2.51. The molecule has 0 aromatic heterocycles. The van der Waals surface area contributed by atoms with E-state index >= 15 is 0 Å². The molecule has 11 heavy (non-hydrogen) atoms. The van der Waals surface area contributed by atoms with Gasteiger partial charge in [-0.15, -0.1) is 0 Å². The van der Waals surface area contributed by atoms with Crippen molar-refractivity contribution in [2.45, 2.75) is 33.3 Å². The summed E-state index contributed by atoms with van der Waals surface area (Å²) in [6.45, 7) is 5.76. The van der Waals surface area contributed by atoms with Gasteiger partial charge in [-0.1, -0.05) is 19.4 Å². The number of aliphatic hydroxyl groups is 1. The van der Waals surface area contributed by atoms with Gasteiger partial charge >= 0.3 is 0 Å². The molecule has 0 radical (unpaired) electrons. The molecule has 2 nitrogen and oxygen atoms in total. The molecule has 0 fully saturated rings. The van der Waals surface area contributed by atoms with Crippen LogP contribution in [-0.4, -0.2) is 17.5 Å². The summed E-state index contributed by atoms with van der Waals surface area (Å²) in [5.74, 6) is 0.255. The first-order valence-electron chi connectivity index (χ1n) is 3.87. The van der Waals surface area contributed by atoms with E-state index in [1.807, 2.05) is 20.8 Å².